The van der Waals surface area contributed by atoms with Crippen molar-refractivity contribution in [2.45, 2.75) is 19.4 Å². The molecule has 24 heavy (non-hydrogen) atoms. The molecule has 0 atom stereocenters. The van der Waals surface area contributed by atoms with Gasteiger partial charge in [0.1, 0.15) is 5.69 Å². The summed E-state index contributed by atoms with van der Waals surface area (Å²) in [6, 6.07) is 15.0. The number of nitrogens with zero attached hydrogens (tertiary/aromatic N) is 1. The minimum absolute atomic E-state index is 0.00587. The third-order valence-corrected chi connectivity index (χ3v) is 3.85. The number of benzene rings is 1. The molecule has 0 aliphatic rings. The van der Waals surface area contributed by atoms with Gasteiger partial charge in [0.05, 0.1) is 6.26 Å². The van der Waals surface area contributed by atoms with Crippen LogP contribution in [0.2, 0.25) is 5.02 Å². The number of pyridine rings is 1. The smallest absolute Gasteiger partial charge is 0.220 e. The minimum atomic E-state index is 0.00587. The van der Waals surface area contributed by atoms with E-state index < -0.39 is 0 Å². The summed E-state index contributed by atoms with van der Waals surface area (Å²) in [7, 11) is 0. The predicted octanol–water partition coefficient (Wildman–Crippen LogP) is 4.24. The summed E-state index contributed by atoms with van der Waals surface area (Å²) in [5.74, 6) is 0.718. The summed E-state index contributed by atoms with van der Waals surface area (Å²) >= 11 is 5.94. The van der Waals surface area contributed by atoms with Crippen LogP contribution < -0.4 is 5.32 Å². The molecule has 2 heterocycles. The molecular weight excluding hydrogens is 324 g/mol. The fraction of sp³-hybridized carbons (Fsp3) is 0.158. The number of furan rings is 1. The molecule has 0 radical (unpaired) electrons. The van der Waals surface area contributed by atoms with Crippen LogP contribution >= 0.6 is 11.6 Å². The van der Waals surface area contributed by atoms with Crippen molar-refractivity contribution in [2.24, 2.45) is 0 Å². The van der Waals surface area contributed by atoms with Crippen LogP contribution in [0.15, 0.2) is 65.4 Å². The first-order chi connectivity index (χ1) is 11.7. The van der Waals surface area contributed by atoms with E-state index in [1.54, 1.807) is 12.5 Å². The Labute approximate surface area is 145 Å². The molecule has 0 aliphatic heterocycles. The number of carbonyl (C=O) groups is 1. The van der Waals surface area contributed by atoms with Gasteiger partial charge < -0.3 is 9.73 Å². The van der Waals surface area contributed by atoms with Crippen molar-refractivity contribution in [3.63, 3.8) is 0 Å². The molecular formula is C19H17ClN2O2. The van der Waals surface area contributed by atoms with Crippen LogP contribution in [0.3, 0.4) is 0 Å². The molecule has 5 heteroatoms. The Morgan fingerprint density at radius 3 is 2.83 bits per heavy atom. The SMILES string of the molecule is O=C(CCc1cccc(Cl)c1)NCc1ccnc(-c2ccco2)c1. The van der Waals surface area contributed by atoms with Gasteiger partial charge in [-0.25, -0.2) is 0 Å². The lowest BCUT2D eigenvalue weighted by Gasteiger charge is -2.07. The standard InChI is InChI=1S/C19H17ClN2O2/c20-16-4-1-3-14(11-16)6-7-19(23)22-13-15-8-9-21-17(12-15)18-5-2-10-24-18/h1-5,8-12H,6-7,13H2,(H,22,23). The van der Waals surface area contributed by atoms with Gasteiger partial charge in [0, 0.05) is 24.2 Å². The first kappa shape index (κ1) is 16.3. The Kier molecular flexibility index (Phi) is 5.29. The van der Waals surface area contributed by atoms with Gasteiger partial charge in [0.2, 0.25) is 5.91 Å². The summed E-state index contributed by atoms with van der Waals surface area (Å²) in [6.45, 7) is 0.463. The number of halogens is 1. The number of aromatic nitrogens is 1. The van der Waals surface area contributed by atoms with Crippen LogP contribution in [0.1, 0.15) is 17.5 Å². The van der Waals surface area contributed by atoms with Gasteiger partial charge in [0.25, 0.3) is 0 Å². The summed E-state index contributed by atoms with van der Waals surface area (Å²) in [4.78, 5) is 16.3. The van der Waals surface area contributed by atoms with Crippen LogP contribution in [0.4, 0.5) is 0 Å². The Hall–Kier alpha value is -2.59. The van der Waals surface area contributed by atoms with E-state index in [1.165, 1.54) is 0 Å². The first-order valence-electron chi connectivity index (χ1n) is 7.71. The van der Waals surface area contributed by atoms with Crippen molar-refractivity contribution in [1.29, 1.82) is 0 Å². The summed E-state index contributed by atoms with van der Waals surface area (Å²) in [6.07, 6.45) is 4.42. The fourth-order valence-electron chi connectivity index (χ4n) is 2.38. The number of carbonyl (C=O) groups excluding carboxylic acids is 1. The van der Waals surface area contributed by atoms with Gasteiger partial charge in [-0.3, -0.25) is 9.78 Å². The Morgan fingerprint density at radius 2 is 2.04 bits per heavy atom. The molecule has 122 valence electrons. The molecule has 0 saturated carbocycles. The second-order valence-corrected chi connectivity index (χ2v) is 5.87. The summed E-state index contributed by atoms with van der Waals surface area (Å²) < 4.78 is 5.34. The van der Waals surface area contributed by atoms with Gasteiger partial charge in [-0.2, -0.15) is 0 Å². The maximum atomic E-state index is 12.0. The highest BCUT2D eigenvalue weighted by molar-refractivity contribution is 6.30. The van der Waals surface area contributed by atoms with Gasteiger partial charge in [-0.1, -0.05) is 23.7 Å². The largest absolute Gasteiger partial charge is 0.463 e. The number of aryl methyl sites for hydroxylation is 1. The lowest BCUT2D eigenvalue weighted by molar-refractivity contribution is -0.121. The number of hydrogen-bond acceptors (Lipinski definition) is 3. The number of hydrogen-bond donors (Lipinski definition) is 1. The second kappa shape index (κ2) is 7.79. The number of amides is 1. The molecule has 1 N–H and O–H groups in total. The molecule has 4 nitrogen and oxygen atoms in total. The Balaban J connectivity index is 1.52. The van der Waals surface area contributed by atoms with Crippen LogP contribution in [-0.4, -0.2) is 10.9 Å². The van der Waals surface area contributed by atoms with E-state index in [2.05, 4.69) is 10.3 Å². The normalized spacial score (nSPS) is 10.5. The van der Waals surface area contributed by atoms with Crippen molar-refractivity contribution in [3.05, 3.63) is 77.1 Å². The molecule has 3 aromatic rings. The lowest BCUT2D eigenvalue weighted by atomic mass is 10.1. The van der Waals surface area contributed by atoms with Crippen LogP contribution in [0.5, 0.6) is 0 Å². The zero-order valence-electron chi connectivity index (χ0n) is 13.0. The van der Waals surface area contributed by atoms with Gasteiger partial charge in [-0.15, -0.1) is 0 Å². The Bertz CT molecular complexity index is 816. The molecule has 0 saturated heterocycles. The lowest BCUT2D eigenvalue weighted by Crippen LogP contribution is -2.23. The fourth-order valence-corrected chi connectivity index (χ4v) is 2.60. The third-order valence-electron chi connectivity index (χ3n) is 3.62. The second-order valence-electron chi connectivity index (χ2n) is 5.43. The zero-order valence-corrected chi connectivity index (χ0v) is 13.8. The highest BCUT2D eigenvalue weighted by Gasteiger charge is 2.06. The van der Waals surface area contributed by atoms with E-state index in [9.17, 15) is 4.79 Å². The highest BCUT2D eigenvalue weighted by Crippen LogP contribution is 2.18. The molecule has 0 aliphatic carbocycles. The number of rotatable bonds is 6. The maximum absolute atomic E-state index is 12.0. The Morgan fingerprint density at radius 1 is 1.12 bits per heavy atom. The summed E-state index contributed by atoms with van der Waals surface area (Å²) in [5.41, 5.74) is 2.79. The molecule has 3 rings (SSSR count). The molecule has 0 bridgehead atoms. The average Bonchev–Trinajstić information content (AvgIpc) is 3.13. The van der Waals surface area contributed by atoms with Crippen LogP contribution in [-0.2, 0) is 17.8 Å². The van der Waals surface area contributed by atoms with Gasteiger partial charge >= 0.3 is 0 Å². The molecule has 1 amide bonds. The third kappa shape index (κ3) is 4.46. The highest BCUT2D eigenvalue weighted by atomic mass is 35.5. The number of nitrogens with one attached hydrogen (secondary N) is 1. The van der Waals surface area contributed by atoms with Crippen molar-refractivity contribution >= 4 is 17.5 Å². The van der Waals surface area contributed by atoms with Crippen molar-refractivity contribution in [3.8, 4) is 11.5 Å². The van der Waals surface area contributed by atoms with E-state index in [-0.39, 0.29) is 5.91 Å². The topological polar surface area (TPSA) is 55.1 Å². The predicted molar refractivity (Wildman–Crippen MR) is 93.6 cm³/mol. The first-order valence-corrected chi connectivity index (χ1v) is 8.08. The van der Waals surface area contributed by atoms with E-state index in [0.717, 1.165) is 16.8 Å². The average molecular weight is 341 g/mol. The molecule has 0 unspecified atom stereocenters. The monoisotopic (exact) mass is 340 g/mol. The van der Waals surface area contributed by atoms with E-state index in [4.69, 9.17) is 16.0 Å². The molecule has 0 spiro atoms. The van der Waals surface area contributed by atoms with Crippen molar-refractivity contribution < 1.29 is 9.21 Å². The van der Waals surface area contributed by atoms with Crippen molar-refractivity contribution in [2.75, 3.05) is 0 Å². The molecule has 2 aromatic heterocycles. The van der Waals surface area contributed by atoms with E-state index in [0.29, 0.717) is 30.2 Å². The van der Waals surface area contributed by atoms with Crippen molar-refractivity contribution in [1.82, 2.24) is 10.3 Å². The maximum Gasteiger partial charge on any atom is 0.220 e. The minimum Gasteiger partial charge on any atom is -0.463 e. The molecule has 0 fully saturated rings. The van der Waals surface area contributed by atoms with Crippen LogP contribution in [0, 0.1) is 0 Å². The molecule has 1 aromatic carbocycles. The van der Waals surface area contributed by atoms with Crippen LogP contribution in [0.25, 0.3) is 11.5 Å². The van der Waals surface area contributed by atoms with Gasteiger partial charge in [-0.05, 0) is 53.9 Å². The zero-order chi connectivity index (χ0) is 16.8. The van der Waals surface area contributed by atoms with Gasteiger partial charge in [0.15, 0.2) is 5.76 Å². The van der Waals surface area contributed by atoms with E-state index >= 15 is 0 Å². The quantitative estimate of drug-likeness (QED) is 0.730. The van der Waals surface area contributed by atoms with E-state index in [1.807, 2.05) is 48.5 Å². The summed E-state index contributed by atoms with van der Waals surface area (Å²) in [5, 5.41) is 3.62.